The van der Waals surface area contributed by atoms with Crippen molar-refractivity contribution >= 4 is 5.91 Å². The van der Waals surface area contributed by atoms with Gasteiger partial charge in [-0.2, -0.15) is 8.78 Å². The summed E-state index contributed by atoms with van der Waals surface area (Å²) in [5.74, 6) is -4.53. The molecule has 88 valence electrons. The Morgan fingerprint density at radius 2 is 2.00 bits per heavy atom. The lowest BCUT2D eigenvalue weighted by atomic mass is 10.3. The maximum atomic E-state index is 12.3. The van der Waals surface area contributed by atoms with Crippen LogP contribution in [0.4, 0.5) is 17.6 Å². The molecule has 2 N–H and O–H groups in total. The van der Waals surface area contributed by atoms with E-state index in [2.05, 4.69) is 5.32 Å². The molecule has 15 heavy (non-hydrogen) atoms. The number of alkyl halides is 4. The molecular formula is C8H12F4N2O. The Morgan fingerprint density at radius 3 is 2.47 bits per heavy atom. The smallest absolute Gasteiger partial charge is 0.319 e. The van der Waals surface area contributed by atoms with Gasteiger partial charge in [-0.3, -0.25) is 4.79 Å². The van der Waals surface area contributed by atoms with E-state index in [1.54, 1.807) is 0 Å². The first-order valence-electron chi connectivity index (χ1n) is 4.58. The minimum absolute atomic E-state index is 0.134. The Balaban J connectivity index is 2.11. The van der Waals surface area contributed by atoms with Crippen molar-refractivity contribution in [2.45, 2.75) is 31.2 Å². The van der Waals surface area contributed by atoms with Gasteiger partial charge in [-0.1, -0.05) is 0 Å². The maximum absolute atomic E-state index is 12.3. The minimum atomic E-state index is -4.08. The summed E-state index contributed by atoms with van der Waals surface area (Å²) >= 11 is 0. The first kappa shape index (κ1) is 12.2. The van der Waals surface area contributed by atoms with Crippen molar-refractivity contribution in [3.05, 3.63) is 0 Å². The highest BCUT2D eigenvalue weighted by Gasteiger charge is 2.40. The number of amides is 1. The van der Waals surface area contributed by atoms with Crippen LogP contribution in [0.25, 0.3) is 0 Å². The molecule has 0 spiro atoms. The Kier molecular flexibility index (Phi) is 3.90. The second-order valence-corrected chi connectivity index (χ2v) is 3.51. The van der Waals surface area contributed by atoms with Gasteiger partial charge < -0.3 is 10.6 Å². The van der Waals surface area contributed by atoms with Crippen LogP contribution < -0.4 is 10.6 Å². The molecule has 0 aliphatic heterocycles. The van der Waals surface area contributed by atoms with Gasteiger partial charge in [0.25, 0.3) is 0 Å². The summed E-state index contributed by atoms with van der Waals surface area (Å²) in [6, 6.07) is 0.134. The molecule has 0 radical (unpaired) electrons. The lowest BCUT2D eigenvalue weighted by molar-refractivity contribution is -0.128. The number of hydrogen-bond donors (Lipinski definition) is 2. The molecule has 7 heteroatoms. The lowest BCUT2D eigenvalue weighted by Crippen LogP contribution is -2.43. The van der Waals surface area contributed by atoms with E-state index >= 15 is 0 Å². The predicted octanol–water partition coefficient (Wildman–Crippen LogP) is 0.755. The zero-order chi connectivity index (χ0) is 11.5. The molecule has 1 fully saturated rings. The van der Waals surface area contributed by atoms with Crippen LogP contribution in [-0.4, -0.2) is 37.4 Å². The SMILES string of the molecule is O=C(CNCC(F)(F)C(F)F)NC1CC1. The van der Waals surface area contributed by atoms with Crippen LogP contribution in [-0.2, 0) is 4.79 Å². The zero-order valence-electron chi connectivity index (χ0n) is 7.90. The molecule has 1 saturated carbocycles. The van der Waals surface area contributed by atoms with E-state index in [0.717, 1.165) is 12.8 Å². The van der Waals surface area contributed by atoms with Gasteiger partial charge >= 0.3 is 12.3 Å². The highest BCUT2D eigenvalue weighted by Crippen LogP contribution is 2.21. The van der Waals surface area contributed by atoms with Gasteiger partial charge in [0.2, 0.25) is 5.91 Å². The summed E-state index contributed by atoms with van der Waals surface area (Å²) in [7, 11) is 0. The molecule has 1 aliphatic carbocycles. The van der Waals surface area contributed by atoms with E-state index in [1.807, 2.05) is 5.32 Å². The molecule has 1 rings (SSSR count). The molecular weight excluding hydrogens is 216 g/mol. The first-order chi connectivity index (χ1) is 6.92. The van der Waals surface area contributed by atoms with Crippen molar-refractivity contribution in [1.29, 1.82) is 0 Å². The molecule has 0 aromatic heterocycles. The van der Waals surface area contributed by atoms with Gasteiger partial charge in [-0.05, 0) is 12.8 Å². The number of carbonyl (C=O) groups excluding carboxylic acids is 1. The predicted molar refractivity (Wildman–Crippen MR) is 45.0 cm³/mol. The summed E-state index contributed by atoms with van der Waals surface area (Å²) in [6.07, 6.45) is -1.94. The van der Waals surface area contributed by atoms with E-state index in [9.17, 15) is 22.4 Å². The third-order valence-corrected chi connectivity index (χ3v) is 1.91. The van der Waals surface area contributed by atoms with Crippen molar-refractivity contribution in [2.24, 2.45) is 0 Å². The number of carbonyl (C=O) groups is 1. The summed E-state index contributed by atoms with van der Waals surface area (Å²) in [5.41, 5.74) is 0. The standard InChI is InChI=1S/C8H12F4N2O/c9-7(10)8(11,12)4-13-3-6(15)14-5-1-2-5/h5,7,13H,1-4H2,(H,14,15). The van der Waals surface area contributed by atoms with E-state index in [1.165, 1.54) is 0 Å². The minimum Gasteiger partial charge on any atom is -0.352 e. The Bertz CT molecular complexity index is 231. The van der Waals surface area contributed by atoms with E-state index < -0.39 is 24.8 Å². The maximum Gasteiger partial charge on any atom is 0.319 e. The molecule has 1 amide bonds. The van der Waals surface area contributed by atoms with Crippen LogP contribution in [0.3, 0.4) is 0 Å². The van der Waals surface area contributed by atoms with E-state index in [-0.39, 0.29) is 12.6 Å². The Labute approximate surface area is 84.2 Å². The molecule has 0 aromatic rings. The number of nitrogens with one attached hydrogen (secondary N) is 2. The van der Waals surface area contributed by atoms with Crippen LogP contribution in [0.15, 0.2) is 0 Å². The van der Waals surface area contributed by atoms with Gasteiger partial charge in [0.15, 0.2) is 0 Å². The third-order valence-electron chi connectivity index (χ3n) is 1.91. The fourth-order valence-corrected chi connectivity index (χ4v) is 0.926. The highest BCUT2D eigenvalue weighted by molar-refractivity contribution is 5.78. The summed E-state index contributed by atoms with van der Waals surface area (Å²) in [6.45, 7) is -1.55. The first-order valence-corrected chi connectivity index (χ1v) is 4.58. The van der Waals surface area contributed by atoms with Crippen molar-refractivity contribution in [1.82, 2.24) is 10.6 Å². The number of rotatable bonds is 6. The molecule has 0 aromatic carbocycles. The van der Waals surface area contributed by atoms with Crippen LogP contribution in [0.1, 0.15) is 12.8 Å². The molecule has 0 heterocycles. The third kappa shape index (κ3) is 4.46. The second kappa shape index (κ2) is 4.78. The van der Waals surface area contributed by atoms with Crippen molar-refractivity contribution in [3.63, 3.8) is 0 Å². The van der Waals surface area contributed by atoms with Crippen molar-refractivity contribution in [2.75, 3.05) is 13.1 Å². The van der Waals surface area contributed by atoms with Crippen LogP contribution in [0.5, 0.6) is 0 Å². The molecule has 0 bridgehead atoms. The van der Waals surface area contributed by atoms with Crippen molar-refractivity contribution in [3.8, 4) is 0 Å². The van der Waals surface area contributed by atoms with Crippen LogP contribution in [0.2, 0.25) is 0 Å². The topological polar surface area (TPSA) is 41.1 Å². The molecule has 0 saturated heterocycles. The van der Waals surface area contributed by atoms with Crippen LogP contribution >= 0.6 is 0 Å². The quantitative estimate of drug-likeness (QED) is 0.659. The van der Waals surface area contributed by atoms with Gasteiger partial charge in [0.1, 0.15) is 0 Å². The van der Waals surface area contributed by atoms with Gasteiger partial charge in [-0.25, -0.2) is 8.78 Å². The average Bonchev–Trinajstić information content (AvgIpc) is 2.87. The summed E-state index contributed by atoms with van der Waals surface area (Å²) in [4.78, 5) is 10.9. The van der Waals surface area contributed by atoms with Crippen LogP contribution in [0, 0.1) is 0 Å². The van der Waals surface area contributed by atoms with E-state index in [0.29, 0.717) is 0 Å². The summed E-state index contributed by atoms with van der Waals surface area (Å²) < 4.78 is 48.0. The fraction of sp³-hybridized carbons (Fsp3) is 0.875. The van der Waals surface area contributed by atoms with Crippen molar-refractivity contribution < 1.29 is 22.4 Å². The second-order valence-electron chi connectivity index (χ2n) is 3.51. The Hall–Kier alpha value is -0.850. The fourth-order valence-electron chi connectivity index (χ4n) is 0.926. The molecule has 0 unspecified atom stereocenters. The zero-order valence-corrected chi connectivity index (χ0v) is 7.90. The van der Waals surface area contributed by atoms with Gasteiger partial charge in [0, 0.05) is 6.04 Å². The number of halogens is 4. The molecule has 0 atom stereocenters. The normalized spacial score (nSPS) is 16.9. The Morgan fingerprint density at radius 1 is 1.40 bits per heavy atom. The van der Waals surface area contributed by atoms with Gasteiger partial charge in [0.05, 0.1) is 13.1 Å². The molecule has 1 aliphatic rings. The largest absolute Gasteiger partial charge is 0.352 e. The monoisotopic (exact) mass is 228 g/mol. The van der Waals surface area contributed by atoms with Gasteiger partial charge in [-0.15, -0.1) is 0 Å². The summed E-state index contributed by atoms with van der Waals surface area (Å²) in [5, 5.41) is 4.53. The number of hydrogen-bond acceptors (Lipinski definition) is 2. The molecule has 3 nitrogen and oxygen atoms in total. The van der Waals surface area contributed by atoms with E-state index in [4.69, 9.17) is 0 Å². The average molecular weight is 228 g/mol. The highest BCUT2D eigenvalue weighted by atomic mass is 19.3. The lowest BCUT2D eigenvalue weighted by Gasteiger charge is -2.15.